The van der Waals surface area contributed by atoms with Gasteiger partial charge >= 0.3 is 6.01 Å². The fraction of sp³-hybridized carbons (Fsp3) is 0.227. The minimum atomic E-state index is -0.536. The molecule has 4 aromatic rings. The molecule has 0 bridgehead atoms. The number of rotatable bonds is 4. The van der Waals surface area contributed by atoms with Crippen molar-refractivity contribution in [3.8, 4) is 0 Å². The number of carbonyl (C=O) groups excluding carboxylic acids is 2. The standard InChI is InChI=1S/C22H20ClN7O3/c1-2-17(31)29-9-3-4-13(11-29)30-15-7-8-25-20(24)18(15)19(28-30)21(32)27-22-26-14-10-12(23)5-6-16(14)33-22/h2,5-8,10,13H,1,3-4,9,11H2,(H2,24,25)(H,26,27,32)/t13-/m1/s1. The van der Waals surface area contributed by atoms with Crippen LogP contribution in [0.5, 0.6) is 0 Å². The molecule has 10 nitrogen and oxygen atoms in total. The second-order valence-corrected chi connectivity index (χ2v) is 8.19. The smallest absolute Gasteiger partial charge is 0.302 e. The van der Waals surface area contributed by atoms with Gasteiger partial charge in [0.05, 0.1) is 16.9 Å². The van der Waals surface area contributed by atoms with Crippen molar-refractivity contribution in [3.63, 3.8) is 0 Å². The molecule has 0 radical (unpaired) electrons. The molecule has 1 aromatic carbocycles. The van der Waals surface area contributed by atoms with Crippen LogP contribution in [0.2, 0.25) is 5.02 Å². The first kappa shape index (κ1) is 21.0. The number of nitrogens with two attached hydrogens (primary N) is 1. The highest BCUT2D eigenvalue weighted by Crippen LogP contribution is 2.30. The van der Waals surface area contributed by atoms with Crippen LogP contribution in [0.4, 0.5) is 11.8 Å². The SMILES string of the molecule is C=CC(=O)N1CCC[C@@H](n2nc(C(=O)Nc3nc4cc(Cl)ccc4o3)c3c(N)nccc32)C1. The maximum atomic E-state index is 13.2. The van der Waals surface area contributed by atoms with Crippen LogP contribution in [-0.2, 0) is 4.79 Å². The van der Waals surface area contributed by atoms with E-state index in [1.165, 1.54) is 6.08 Å². The van der Waals surface area contributed by atoms with Crippen LogP contribution in [0.3, 0.4) is 0 Å². The van der Waals surface area contributed by atoms with Gasteiger partial charge < -0.3 is 15.1 Å². The number of piperidine rings is 1. The molecule has 3 aromatic heterocycles. The summed E-state index contributed by atoms with van der Waals surface area (Å²) in [5.41, 5.74) is 7.90. The monoisotopic (exact) mass is 465 g/mol. The number of benzene rings is 1. The second kappa shape index (κ2) is 8.21. The molecule has 0 aliphatic carbocycles. The second-order valence-electron chi connectivity index (χ2n) is 7.75. The number of pyridine rings is 1. The van der Waals surface area contributed by atoms with Crippen molar-refractivity contribution >= 4 is 57.3 Å². The number of nitrogens with zero attached hydrogens (tertiary/aromatic N) is 5. The number of likely N-dealkylation sites (tertiary alicyclic amines) is 1. The fourth-order valence-electron chi connectivity index (χ4n) is 4.14. The number of nitrogen functional groups attached to an aromatic ring is 1. The number of aromatic nitrogens is 4. The van der Waals surface area contributed by atoms with Gasteiger partial charge in [-0.15, -0.1) is 0 Å². The Morgan fingerprint density at radius 3 is 3.00 bits per heavy atom. The van der Waals surface area contributed by atoms with Gasteiger partial charge in [0.1, 0.15) is 11.3 Å². The first-order valence-corrected chi connectivity index (χ1v) is 10.7. The Morgan fingerprint density at radius 2 is 2.18 bits per heavy atom. The molecule has 1 fully saturated rings. The molecular weight excluding hydrogens is 446 g/mol. The first-order chi connectivity index (χ1) is 15.9. The third kappa shape index (κ3) is 3.78. The van der Waals surface area contributed by atoms with E-state index < -0.39 is 5.91 Å². The number of halogens is 1. The van der Waals surface area contributed by atoms with Gasteiger partial charge in [0.25, 0.3) is 5.91 Å². The van der Waals surface area contributed by atoms with E-state index in [0.717, 1.165) is 12.8 Å². The molecule has 1 aliphatic heterocycles. The third-order valence-electron chi connectivity index (χ3n) is 5.66. The molecule has 0 spiro atoms. The minimum Gasteiger partial charge on any atom is -0.423 e. The maximum Gasteiger partial charge on any atom is 0.302 e. The first-order valence-electron chi connectivity index (χ1n) is 10.4. The summed E-state index contributed by atoms with van der Waals surface area (Å²) in [4.78, 5) is 35.4. The Kier molecular flexibility index (Phi) is 5.21. The van der Waals surface area contributed by atoms with Gasteiger partial charge in [-0.1, -0.05) is 18.2 Å². The van der Waals surface area contributed by atoms with E-state index in [9.17, 15) is 9.59 Å². The van der Waals surface area contributed by atoms with Gasteiger partial charge in [-0.2, -0.15) is 10.1 Å². The number of hydrogen-bond donors (Lipinski definition) is 2. The molecule has 2 amide bonds. The quantitative estimate of drug-likeness (QED) is 0.441. The summed E-state index contributed by atoms with van der Waals surface area (Å²) in [7, 11) is 0. The van der Waals surface area contributed by atoms with Crippen LogP contribution in [-0.4, -0.2) is 49.6 Å². The lowest BCUT2D eigenvalue weighted by Gasteiger charge is -2.32. The number of nitrogens with one attached hydrogen (secondary N) is 1. The molecule has 1 aliphatic rings. The van der Waals surface area contributed by atoms with Gasteiger partial charge in [-0.25, -0.2) is 4.98 Å². The Bertz CT molecular complexity index is 1410. The largest absolute Gasteiger partial charge is 0.423 e. The van der Waals surface area contributed by atoms with E-state index in [1.54, 1.807) is 40.0 Å². The predicted octanol–water partition coefficient (Wildman–Crippen LogP) is 3.41. The zero-order valence-corrected chi connectivity index (χ0v) is 18.2. The Morgan fingerprint density at radius 1 is 1.33 bits per heavy atom. The van der Waals surface area contributed by atoms with Crippen molar-refractivity contribution in [1.82, 2.24) is 24.6 Å². The summed E-state index contributed by atoms with van der Waals surface area (Å²) in [6.07, 6.45) is 4.47. The van der Waals surface area contributed by atoms with E-state index in [0.29, 0.717) is 40.1 Å². The average molecular weight is 466 g/mol. The van der Waals surface area contributed by atoms with E-state index in [2.05, 4.69) is 27.0 Å². The van der Waals surface area contributed by atoms with Crippen molar-refractivity contribution in [1.29, 1.82) is 0 Å². The van der Waals surface area contributed by atoms with E-state index in [4.69, 9.17) is 21.8 Å². The van der Waals surface area contributed by atoms with Gasteiger partial charge in [-0.3, -0.25) is 19.6 Å². The maximum absolute atomic E-state index is 13.2. The highest BCUT2D eigenvalue weighted by molar-refractivity contribution is 6.31. The molecule has 1 atom stereocenters. The molecule has 168 valence electrons. The highest BCUT2D eigenvalue weighted by atomic mass is 35.5. The summed E-state index contributed by atoms with van der Waals surface area (Å²) in [5, 5.41) is 8.17. The lowest BCUT2D eigenvalue weighted by Crippen LogP contribution is -2.40. The summed E-state index contributed by atoms with van der Waals surface area (Å²) in [6, 6.07) is 6.63. The van der Waals surface area contributed by atoms with Crippen molar-refractivity contribution in [2.24, 2.45) is 0 Å². The minimum absolute atomic E-state index is 0.0165. The van der Waals surface area contributed by atoms with Gasteiger partial charge in [-0.05, 0) is 43.2 Å². The van der Waals surface area contributed by atoms with Crippen LogP contribution in [0.1, 0.15) is 29.4 Å². The van der Waals surface area contributed by atoms with Crippen molar-refractivity contribution < 1.29 is 14.0 Å². The zero-order valence-electron chi connectivity index (χ0n) is 17.5. The number of amides is 2. The summed E-state index contributed by atoms with van der Waals surface area (Å²) < 4.78 is 7.34. The topological polar surface area (TPSA) is 132 Å². The van der Waals surface area contributed by atoms with Crippen LogP contribution in [0.25, 0.3) is 22.0 Å². The van der Waals surface area contributed by atoms with Gasteiger partial charge in [0.15, 0.2) is 11.3 Å². The van der Waals surface area contributed by atoms with E-state index in [-0.39, 0.29) is 29.5 Å². The molecule has 0 unspecified atom stereocenters. The number of hydrogen-bond acceptors (Lipinski definition) is 7. The number of fused-ring (bicyclic) bond motifs is 2. The van der Waals surface area contributed by atoms with Crippen molar-refractivity contribution in [2.45, 2.75) is 18.9 Å². The van der Waals surface area contributed by atoms with Crippen LogP contribution in [0.15, 0.2) is 47.5 Å². The zero-order chi connectivity index (χ0) is 23.1. The number of oxazole rings is 1. The lowest BCUT2D eigenvalue weighted by atomic mass is 10.1. The molecule has 33 heavy (non-hydrogen) atoms. The molecular formula is C22H20ClN7O3. The third-order valence-corrected chi connectivity index (χ3v) is 5.90. The van der Waals surface area contributed by atoms with Crippen molar-refractivity contribution in [2.75, 3.05) is 24.1 Å². The number of carbonyl (C=O) groups is 2. The summed E-state index contributed by atoms with van der Waals surface area (Å²) in [5.74, 6) is -0.486. The predicted molar refractivity (Wildman–Crippen MR) is 124 cm³/mol. The molecule has 1 saturated heterocycles. The van der Waals surface area contributed by atoms with Crippen LogP contribution in [0, 0.1) is 0 Å². The Hall–Kier alpha value is -3.92. The average Bonchev–Trinajstić information content (AvgIpc) is 3.40. The Balaban J connectivity index is 1.50. The van der Waals surface area contributed by atoms with Crippen molar-refractivity contribution in [3.05, 3.63) is 53.8 Å². The van der Waals surface area contributed by atoms with E-state index in [1.807, 2.05) is 0 Å². The molecule has 3 N–H and O–H groups in total. The summed E-state index contributed by atoms with van der Waals surface area (Å²) in [6.45, 7) is 4.68. The van der Waals surface area contributed by atoms with Gasteiger partial charge in [0, 0.05) is 24.3 Å². The highest BCUT2D eigenvalue weighted by Gasteiger charge is 2.29. The fourth-order valence-corrected chi connectivity index (χ4v) is 4.31. The van der Waals surface area contributed by atoms with Crippen LogP contribution >= 0.6 is 11.6 Å². The number of anilines is 2. The normalized spacial score (nSPS) is 16.3. The lowest BCUT2D eigenvalue weighted by molar-refractivity contribution is -0.127. The van der Waals surface area contributed by atoms with E-state index >= 15 is 0 Å². The molecule has 0 saturated carbocycles. The Labute approximate surface area is 193 Å². The molecule has 4 heterocycles. The van der Waals surface area contributed by atoms with Crippen LogP contribution < -0.4 is 11.1 Å². The van der Waals surface area contributed by atoms with Gasteiger partial charge in [0.2, 0.25) is 5.91 Å². The molecule has 5 rings (SSSR count). The molecule has 11 heteroatoms. The summed E-state index contributed by atoms with van der Waals surface area (Å²) >= 11 is 6.00.